The summed E-state index contributed by atoms with van der Waals surface area (Å²) in [5, 5.41) is 15.7. The van der Waals surface area contributed by atoms with Crippen LogP contribution in [0.5, 0.6) is 0 Å². The third-order valence-corrected chi connectivity index (χ3v) is 2.32. The molecule has 0 atom stereocenters. The van der Waals surface area contributed by atoms with Gasteiger partial charge in [0.15, 0.2) is 5.82 Å². The molecule has 0 bridgehead atoms. The largest absolute Gasteiger partial charge is 0.348 e. The molecule has 0 radical (unpaired) electrons. The van der Waals surface area contributed by atoms with Gasteiger partial charge in [0.1, 0.15) is 5.82 Å². The standard InChI is InChI=1S/C12H12FN5O/c13-10-6-4-9(5-7-10)2-1-3-12(19)14-8-11-15-17-18-16-11/h1-2,4-7H,3,8H2,(H,14,19)(H,15,16,17,18)/b2-1+. The molecule has 1 aromatic carbocycles. The summed E-state index contributed by atoms with van der Waals surface area (Å²) in [5.41, 5.74) is 0.840. The number of aromatic amines is 1. The number of hydrogen-bond donors (Lipinski definition) is 2. The third kappa shape index (κ3) is 4.30. The Labute approximate surface area is 108 Å². The van der Waals surface area contributed by atoms with Crippen LogP contribution in [0.3, 0.4) is 0 Å². The number of nitrogens with one attached hydrogen (secondary N) is 2. The first-order chi connectivity index (χ1) is 9.24. The Kier molecular flexibility index (Phi) is 4.33. The summed E-state index contributed by atoms with van der Waals surface area (Å²) in [4.78, 5) is 11.5. The van der Waals surface area contributed by atoms with E-state index in [0.29, 0.717) is 5.82 Å². The molecule has 98 valence electrons. The molecule has 0 unspecified atom stereocenters. The minimum Gasteiger partial charge on any atom is -0.348 e. The molecule has 2 N–H and O–H groups in total. The quantitative estimate of drug-likeness (QED) is 0.843. The SMILES string of the molecule is O=C(C/C=C/c1ccc(F)cc1)NCc1nn[nH]n1. The highest BCUT2D eigenvalue weighted by atomic mass is 19.1. The maximum absolute atomic E-state index is 12.7. The molecule has 0 aliphatic carbocycles. The number of carbonyl (C=O) groups excluding carboxylic acids is 1. The van der Waals surface area contributed by atoms with Gasteiger partial charge in [-0.3, -0.25) is 4.79 Å². The first-order valence-corrected chi connectivity index (χ1v) is 5.65. The number of rotatable bonds is 5. The van der Waals surface area contributed by atoms with Crippen LogP contribution in [-0.2, 0) is 11.3 Å². The lowest BCUT2D eigenvalue weighted by Gasteiger charge is -1.98. The highest BCUT2D eigenvalue weighted by molar-refractivity contribution is 5.78. The fraction of sp³-hybridized carbons (Fsp3) is 0.167. The minimum atomic E-state index is -0.282. The highest BCUT2D eigenvalue weighted by Crippen LogP contribution is 2.05. The van der Waals surface area contributed by atoms with Gasteiger partial charge in [0.2, 0.25) is 5.91 Å². The molecular formula is C12H12FN5O. The van der Waals surface area contributed by atoms with Crippen LogP contribution in [0.25, 0.3) is 6.08 Å². The molecule has 19 heavy (non-hydrogen) atoms. The van der Waals surface area contributed by atoms with Crippen molar-refractivity contribution in [3.8, 4) is 0 Å². The van der Waals surface area contributed by atoms with Gasteiger partial charge in [-0.1, -0.05) is 29.5 Å². The number of amides is 1. The van der Waals surface area contributed by atoms with E-state index < -0.39 is 0 Å². The van der Waals surface area contributed by atoms with Crippen LogP contribution in [0, 0.1) is 5.82 Å². The van der Waals surface area contributed by atoms with Gasteiger partial charge >= 0.3 is 0 Å². The van der Waals surface area contributed by atoms with Gasteiger partial charge in [-0.2, -0.15) is 5.21 Å². The molecule has 1 aromatic heterocycles. The van der Waals surface area contributed by atoms with E-state index in [0.717, 1.165) is 5.56 Å². The van der Waals surface area contributed by atoms with Gasteiger partial charge in [0.25, 0.3) is 0 Å². The predicted molar refractivity (Wildman–Crippen MR) is 66.1 cm³/mol. The Balaban J connectivity index is 1.75. The Morgan fingerprint density at radius 1 is 1.37 bits per heavy atom. The predicted octanol–water partition coefficient (Wildman–Crippen LogP) is 1.06. The van der Waals surface area contributed by atoms with E-state index in [4.69, 9.17) is 0 Å². The normalized spacial score (nSPS) is 10.8. The highest BCUT2D eigenvalue weighted by Gasteiger charge is 2.01. The monoisotopic (exact) mass is 261 g/mol. The topological polar surface area (TPSA) is 83.6 Å². The summed E-state index contributed by atoms with van der Waals surface area (Å²) in [6.07, 6.45) is 3.70. The molecule has 1 heterocycles. The van der Waals surface area contributed by atoms with Crippen LogP contribution in [0.4, 0.5) is 4.39 Å². The second kappa shape index (κ2) is 6.39. The zero-order chi connectivity index (χ0) is 13.5. The van der Waals surface area contributed by atoms with Gasteiger partial charge in [-0.05, 0) is 17.7 Å². The van der Waals surface area contributed by atoms with Gasteiger partial charge in [0.05, 0.1) is 6.54 Å². The molecule has 0 saturated carbocycles. The maximum atomic E-state index is 12.7. The molecule has 0 spiro atoms. The molecule has 2 rings (SSSR count). The number of halogens is 1. The average Bonchev–Trinajstić information content (AvgIpc) is 2.92. The van der Waals surface area contributed by atoms with Crippen molar-refractivity contribution in [2.45, 2.75) is 13.0 Å². The van der Waals surface area contributed by atoms with Crippen molar-refractivity contribution in [1.29, 1.82) is 0 Å². The van der Waals surface area contributed by atoms with Gasteiger partial charge in [0, 0.05) is 6.42 Å². The van der Waals surface area contributed by atoms with E-state index in [1.807, 2.05) is 0 Å². The number of carbonyl (C=O) groups is 1. The Hall–Kier alpha value is -2.57. The molecule has 7 heteroatoms. The van der Waals surface area contributed by atoms with Crippen LogP contribution in [0.15, 0.2) is 30.3 Å². The number of benzene rings is 1. The molecule has 0 fully saturated rings. The Morgan fingerprint density at radius 3 is 2.84 bits per heavy atom. The van der Waals surface area contributed by atoms with Crippen molar-refractivity contribution in [3.05, 3.63) is 47.5 Å². The number of hydrogen-bond acceptors (Lipinski definition) is 4. The van der Waals surface area contributed by atoms with E-state index >= 15 is 0 Å². The van der Waals surface area contributed by atoms with Crippen molar-refractivity contribution in [2.75, 3.05) is 0 Å². The number of nitrogens with zero attached hydrogens (tertiary/aromatic N) is 3. The zero-order valence-corrected chi connectivity index (χ0v) is 10.0. The fourth-order valence-corrected chi connectivity index (χ4v) is 1.38. The third-order valence-electron chi connectivity index (χ3n) is 2.32. The van der Waals surface area contributed by atoms with Crippen LogP contribution in [0.2, 0.25) is 0 Å². The molecule has 6 nitrogen and oxygen atoms in total. The first kappa shape index (κ1) is 12.9. The molecule has 2 aromatic rings. The summed E-state index contributed by atoms with van der Waals surface area (Å²) in [6.45, 7) is 0.236. The van der Waals surface area contributed by atoms with Crippen LogP contribution < -0.4 is 5.32 Å². The summed E-state index contributed by atoms with van der Waals surface area (Å²) >= 11 is 0. The van der Waals surface area contributed by atoms with Gasteiger partial charge in [-0.25, -0.2) is 4.39 Å². The van der Waals surface area contributed by atoms with Crippen LogP contribution in [0.1, 0.15) is 17.8 Å². The van der Waals surface area contributed by atoms with Crippen molar-refractivity contribution >= 4 is 12.0 Å². The minimum absolute atomic E-state index is 0.150. The summed E-state index contributed by atoms with van der Waals surface area (Å²) in [7, 11) is 0. The van der Waals surface area contributed by atoms with Crippen molar-refractivity contribution in [1.82, 2.24) is 25.9 Å². The second-order valence-corrected chi connectivity index (χ2v) is 3.76. The summed E-state index contributed by atoms with van der Waals surface area (Å²) in [6, 6.07) is 6.03. The van der Waals surface area contributed by atoms with E-state index in [1.165, 1.54) is 12.1 Å². The Bertz CT molecular complexity index is 550. The molecule has 0 saturated heterocycles. The molecule has 1 amide bonds. The summed E-state index contributed by atoms with van der Waals surface area (Å²) < 4.78 is 12.7. The van der Waals surface area contributed by atoms with E-state index in [9.17, 15) is 9.18 Å². The van der Waals surface area contributed by atoms with Crippen molar-refractivity contribution in [2.24, 2.45) is 0 Å². The number of H-pyrrole nitrogens is 1. The lowest BCUT2D eigenvalue weighted by Crippen LogP contribution is -2.22. The molecule has 0 aliphatic rings. The fourth-order valence-electron chi connectivity index (χ4n) is 1.38. The lowest BCUT2D eigenvalue weighted by atomic mass is 10.2. The molecule has 0 aliphatic heterocycles. The molecular weight excluding hydrogens is 249 g/mol. The summed E-state index contributed by atoms with van der Waals surface area (Å²) in [5.74, 6) is -0.00553. The second-order valence-electron chi connectivity index (χ2n) is 3.76. The van der Waals surface area contributed by atoms with Crippen molar-refractivity contribution < 1.29 is 9.18 Å². The van der Waals surface area contributed by atoms with E-state index in [1.54, 1.807) is 24.3 Å². The van der Waals surface area contributed by atoms with Gasteiger partial charge in [-0.15, -0.1) is 10.2 Å². The van der Waals surface area contributed by atoms with Crippen LogP contribution >= 0.6 is 0 Å². The number of aromatic nitrogens is 4. The number of tetrazole rings is 1. The van der Waals surface area contributed by atoms with E-state index in [-0.39, 0.29) is 24.7 Å². The lowest BCUT2D eigenvalue weighted by molar-refractivity contribution is -0.120. The first-order valence-electron chi connectivity index (χ1n) is 5.65. The van der Waals surface area contributed by atoms with Crippen LogP contribution in [-0.4, -0.2) is 26.5 Å². The average molecular weight is 261 g/mol. The smallest absolute Gasteiger partial charge is 0.224 e. The Morgan fingerprint density at radius 2 is 2.16 bits per heavy atom. The van der Waals surface area contributed by atoms with E-state index in [2.05, 4.69) is 25.9 Å². The van der Waals surface area contributed by atoms with Crippen molar-refractivity contribution in [3.63, 3.8) is 0 Å². The zero-order valence-electron chi connectivity index (χ0n) is 10.0. The maximum Gasteiger partial charge on any atom is 0.224 e. The van der Waals surface area contributed by atoms with Gasteiger partial charge < -0.3 is 5.32 Å².